The molecule has 1 aliphatic rings. The zero-order valence-corrected chi connectivity index (χ0v) is 10.9. The smallest absolute Gasteiger partial charge is 0.409 e. The number of nitrogens with zero attached hydrogens (tertiary/aromatic N) is 1. The average molecular weight is 242 g/mol. The van der Waals surface area contributed by atoms with E-state index in [1.807, 2.05) is 13.8 Å². The van der Waals surface area contributed by atoms with E-state index in [1.54, 1.807) is 11.8 Å². The van der Waals surface area contributed by atoms with Gasteiger partial charge in [-0.15, -0.1) is 0 Å². The highest BCUT2D eigenvalue weighted by atomic mass is 16.6. The van der Waals surface area contributed by atoms with Crippen molar-refractivity contribution in [2.75, 3.05) is 19.7 Å². The van der Waals surface area contributed by atoms with Crippen LogP contribution in [0.15, 0.2) is 0 Å². The van der Waals surface area contributed by atoms with Crippen LogP contribution in [-0.4, -0.2) is 42.6 Å². The molecule has 1 rings (SSSR count). The van der Waals surface area contributed by atoms with Crippen molar-refractivity contribution in [2.24, 2.45) is 5.92 Å². The van der Waals surface area contributed by atoms with Crippen LogP contribution in [0.1, 0.15) is 33.6 Å². The number of rotatable bonds is 3. The fourth-order valence-electron chi connectivity index (χ4n) is 1.97. The second-order valence-electron chi connectivity index (χ2n) is 4.65. The van der Waals surface area contributed by atoms with Crippen LogP contribution in [-0.2, 0) is 9.53 Å². The molecular weight excluding hydrogens is 220 g/mol. The number of likely N-dealkylation sites (tertiary alicyclic amines) is 1. The Morgan fingerprint density at radius 1 is 1.47 bits per heavy atom. The van der Waals surface area contributed by atoms with E-state index < -0.39 is 0 Å². The van der Waals surface area contributed by atoms with Crippen LogP contribution in [0.5, 0.6) is 0 Å². The maximum atomic E-state index is 11.8. The molecule has 5 heteroatoms. The Bertz CT molecular complexity index is 279. The topological polar surface area (TPSA) is 58.6 Å². The van der Waals surface area contributed by atoms with Crippen molar-refractivity contribution in [3.63, 3.8) is 0 Å². The van der Waals surface area contributed by atoms with E-state index in [-0.39, 0.29) is 24.0 Å². The minimum atomic E-state index is -0.311. The lowest BCUT2D eigenvalue weighted by molar-refractivity contribution is -0.126. The number of carbonyl (C=O) groups excluding carboxylic acids is 2. The van der Waals surface area contributed by atoms with E-state index in [2.05, 4.69) is 5.32 Å². The molecule has 1 N–H and O–H groups in total. The molecule has 2 amide bonds. The Balaban J connectivity index is 2.48. The summed E-state index contributed by atoms with van der Waals surface area (Å²) < 4.78 is 4.95. The molecule has 1 atom stereocenters. The predicted octanol–water partition coefficient (Wildman–Crippen LogP) is 1.38. The average Bonchev–Trinajstić information content (AvgIpc) is 2.28. The number of piperidine rings is 1. The van der Waals surface area contributed by atoms with Crippen LogP contribution in [0.25, 0.3) is 0 Å². The molecule has 17 heavy (non-hydrogen) atoms. The molecular formula is C12H22N2O3. The summed E-state index contributed by atoms with van der Waals surface area (Å²) in [6.45, 7) is 7.18. The van der Waals surface area contributed by atoms with Crippen molar-refractivity contribution >= 4 is 12.0 Å². The molecule has 1 heterocycles. The van der Waals surface area contributed by atoms with Gasteiger partial charge in [-0.2, -0.15) is 0 Å². The van der Waals surface area contributed by atoms with Gasteiger partial charge in [0.25, 0.3) is 0 Å². The lowest BCUT2D eigenvalue weighted by Gasteiger charge is -2.31. The highest BCUT2D eigenvalue weighted by Gasteiger charge is 2.29. The Morgan fingerprint density at radius 3 is 2.76 bits per heavy atom. The van der Waals surface area contributed by atoms with Crippen LogP contribution in [0.4, 0.5) is 4.79 Å². The summed E-state index contributed by atoms with van der Waals surface area (Å²) in [5.41, 5.74) is 0. The highest BCUT2D eigenvalue weighted by Crippen LogP contribution is 2.17. The van der Waals surface area contributed by atoms with E-state index in [4.69, 9.17) is 4.74 Å². The monoisotopic (exact) mass is 242 g/mol. The number of hydrogen-bond donors (Lipinski definition) is 1. The number of nitrogens with one attached hydrogen (secondary N) is 1. The maximum absolute atomic E-state index is 11.8. The summed E-state index contributed by atoms with van der Waals surface area (Å²) in [5.74, 6) is -0.0652. The Morgan fingerprint density at radius 2 is 2.18 bits per heavy atom. The molecule has 0 aliphatic carbocycles. The summed E-state index contributed by atoms with van der Waals surface area (Å²) >= 11 is 0. The number of carbonyl (C=O) groups is 2. The highest BCUT2D eigenvalue weighted by molar-refractivity contribution is 5.80. The fraction of sp³-hybridized carbons (Fsp3) is 0.833. The van der Waals surface area contributed by atoms with Gasteiger partial charge in [0, 0.05) is 19.1 Å². The van der Waals surface area contributed by atoms with E-state index in [9.17, 15) is 9.59 Å². The normalized spacial score (nSPS) is 20.2. The standard InChI is InChI=1S/C12H22N2O3/c1-4-17-12(16)14-7-5-6-10(8-14)11(15)13-9(2)3/h9-10H,4-8H2,1-3H3,(H,13,15)/t10-/m0/s1. The maximum Gasteiger partial charge on any atom is 0.409 e. The van der Waals surface area contributed by atoms with Gasteiger partial charge in [-0.25, -0.2) is 4.79 Å². The third-order valence-electron chi connectivity index (χ3n) is 2.75. The molecule has 0 aromatic heterocycles. The molecule has 0 radical (unpaired) electrons. The van der Waals surface area contributed by atoms with Crippen molar-refractivity contribution in [3.05, 3.63) is 0 Å². The first-order chi connectivity index (χ1) is 8.04. The van der Waals surface area contributed by atoms with Crippen LogP contribution in [0, 0.1) is 5.92 Å². The van der Waals surface area contributed by atoms with E-state index >= 15 is 0 Å². The number of hydrogen-bond acceptors (Lipinski definition) is 3. The Hall–Kier alpha value is -1.26. The van der Waals surface area contributed by atoms with Gasteiger partial charge >= 0.3 is 6.09 Å². The quantitative estimate of drug-likeness (QED) is 0.813. The molecule has 0 aromatic carbocycles. The molecule has 0 aromatic rings. The Kier molecular flexibility index (Phi) is 5.25. The first kappa shape index (κ1) is 13.8. The van der Waals surface area contributed by atoms with E-state index in [0.29, 0.717) is 19.7 Å². The minimum absolute atomic E-state index is 0.0361. The zero-order chi connectivity index (χ0) is 12.8. The van der Waals surface area contributed by atoms with Crippen molar-refractivity contribution in [1.82, 2.24) is 10.2 Å². The molecule has 0 unspecified atom stereocenters. The second kappa shape index (κ2) is 6.47. The minimum Gasteiger partial charge on any atom is -0.450 e. The lowest BCUT2D eigenvalue weighted by Crippen LogP contribution is -2.46. The Labute approximate surface area is 102 Å². The molecule has 1 fully saturated rings. The van der Waals surface area contributed by atoms with Crippen LogP contribution >= 0.6 is 0 Å². The van der Waals surface area contributed by atoms with Gasteiger partial charge in [-0.1, -0.05) is 0 Å². The van der Waals surface area contributed by atoms with Gasteiger partial charge in [-0.3, -0.25) is 4.79 Å². The number of amides is 2. The summed E-state index contributed by atoms with van der Waals surface area (Å²) in [6, 6.07) is 0.139. The second-order valence-corrected chi connectivity index (χ2v) is 4.65. The fourth-order valence-corrected chi connectivity index (χ4v) is 1.97. The number of ether oxygens (including phenoxy) is 1. The third kappa shape index (κ3) is 4.24. The molecule has 98 valence electrons. The SMILES string of the molecule is CCOC(=O)N1CCC[C@H](C(=O)NC(C)C)C1. The van der Waals surface area contributed by atoms with Crippen molar-refractivity contribution in [1.29, 1.82) is 0 Å². The summed E-state index contributed by atoms with van der Waals surface area (Å²) in [5, 5.41) is 2.89. The molecule has 5 nitrogen and oxygen atoms in total. The largest absolute Gasteiger partial charge is 0.450 e. The van der Waals surface area contributed by atoms with E-state index in [1.165, 1.54) is 0 Å². The summed E-state index contributed by atoms with van der Waals surface area (Å²) in [4.78, 5) is 25.0. The van der Waals surface area contributed by atoms with Gasteiger partial charge in [-0.05, 0) is 33.6 Å². The van der Waals surface area contributed by atoms with Gasteiger partial charge in [0.1, 0.15) is 0 Å². The van der Waals surface area contributed by atoms with Crippen molar-refractivity contribution < 1.29 is 14.3 Å². The first-order valence-corrected chi connectivity index (χ1v) is 6.26. The van der Waals surface area contributed by atoms with Crippen LogP contribution in [0.3, 0.4) is 0 Å². The molecule has 0 bridgehead atoms. The van der Waals surface area contributed by atoms with Crippen LogP contribution in [0.2, 0.25) is 0 Å². The van der Waals surface area contributed by atoms with Gasteiger partial charge < -0.3 is 15.0 Å². The molecule has 1 saturated heterocycles. The molecule has 0 spiro atoms. The summed E-state index contributed by atoms with van der Waals surface area (Å²) in [7, 11) is 0. The first-order valence-electron chi connectivity index (χ1n) is 6.26. The van der Waals surface area contributed by atoms with Crippen LogP contribution < -0.4 is 5.32 Å². The summed E-state index contributed by atoms with van der Waals surface area (Å²) in [6.07, 6.45) is 1.39. The molecule has 0 saturated carbocycles. The zero-order valence-electron chi connectivity index (χ0n) is 10.9. The molecule has 1 aliphatic heterocycles. The lowest BCUT2D eigenvalue weighted by atomic mass is 9.97. The van der Waals surface area contributed by atoms with Gasteiger partial charge in [0.15, 0.2) is 0 Å². The van der Waals surface area contributed by atoms with Crippen molar-refractivity contribution in [2.45, 2.75) is 39.7 Å². The van der Waals surface area contributed by atoms with E-state index in [0.717, 1.165) is 12.8 Å². The third-order valence-corrected chi connectivity index (χ3v) is 2.75. The van der Waals surface area contributed by atoms with Gasteiger partial charge in [0.2, 0.25) is 5.91 Å². The predicted molar refractivity (Wildman–Crippen MR) is 64.6 cm³/mol. The van der Waals surface area contributed by atoms with Gasteiger partial charge in [0.05, 0.1) is 12.5 Å². The van der Waals surface area contributed by atoms with Crippen molar-refractivity contribution in [3.8, 4) is 0 Å².